The summed E-state index contributed by atoms with van der Waals surface area (Å²) in [6.07, 6.45) is 1.42. The van der Waals surface area contributed by atoms with Gasteiger partial charge in [0.1, 0.15) is 11.3 Å². The Hall–Kier alpha value is -2.29. The summed E-state index contributed by atoms with van der Waals surface area (Å²) in [5.41, 5.74) is 6.41. The molecular formula is C11H7BrF2N6. The molecule has 4 N–H and O–H groups in total. The lowest BCUT2D eigenvalue weighted by Crippen LogP contribution is -2.03. The number of fused-ring (bicyclic) bond motifs is 1. The molecule has 0 unspecified atom stereocenters. The first-order valence-corrected chi connectivity index (χ1v) is 6.22. The van der Waals surface area contributed by atoms with E-state index in [4.69, 9.17) is 5.73 Å². The smallest absolute Gasteiger partial charge is 0.224 e. The molecule has 0 saturated carbocycles. The summed E-state index contributed by atoms with van der Waals surface area (Å²) < 4.78 is 27.1. The molecule has 0 spiro atoms. The fourth-order valence-corrected chi connectivity index (χ4v) is 2.23. The number of anilines is 3. The van der Waals surface area contributed by atoms with Crippen molar-refractivity contribution < 1.29 is 8.78 Å². The van der Waals surface area contributed by atoms with Crippen LogP contribution in [-0.4, -0.2) is 19.9 Å². The molecule has 0 amide bonds. The minimum atomic E-state index is -0.762. The number of hydrogen-bond acceptors (Lipinski definition) is 5. The van der Waals surface area contributed by atoms with Gasteiger partial charge in [-0.25, -0.2) is 13.8 Å². The Morgan fingerprint density at radius 1 is 1.25 bits per heavy atom. The molecule has 0 aliphatic heterocycles. The fraction of sp³-hybridized carbons (Fsp3) is 0. The third-order valence-corrected chi connectivity index (χ3v) is 3.18. The summed E-state index contributed by atoms with van der Waals surface area (Å²) in [6, 6.07) is 1.90. The van der Waals surface area contributed by atoms with Crippen LogP contribution in [0.4, 0.5) is 26.2 Å². The zero-order valence-electron chi connectivity index (χ0n) is 9.78. The van der Waals surface area contributed by atoms with Crippen LogP contribution in [0.1, 0.15) is 0 Å². The van der Waals surface area contributed by atoms with Gasteiger partial charge in [-0.2, -0.15) is 9.97 Å². The van der Waals surface area contributed by atoms with Crippen LogP contribution in [0, 0.1) is 11.6 Å². The molecule has 3 aromatic rings. The number of halogens is 3. The number of nitrogens with zero attached hydrogens (tertiary/aromatic N) is 3. The van der Waals surface area contributed by atoms with Gasteiger partial charge in [0.05, 0.1) is 12.0 Å². The highest BCUT2D eigenvalue weighted by Gasteiger charge is 2.14. The molecule has 6 nitrogen and oxygen atoms in total. The van der Waals surface area contributed by atoms with Crippen molar-refractivity contribution in [1.29, 1.82) is 0 Å². The number of nitrogens with two attached hydrogens (primary N) is 1. The molecule has 102 valence electrons. The Labute approximate surface area is 119 Å². The summed E-state index contributed by atoms with van der Waals surface area (Å²) in [5.74, 6) is -1.21. The van der Waals surface area contributed by atoms with Crippen molar-refractivity contribution in [3.63, 3.8) is 0 Å². The van der Waals surface area contributed by atoms with E-state index < -0.39 is 11.6 Å². The lowest BCUT2D eigenvalue weighted by Gasteiger charge is -2.10. The van der Waals surface area contributed by atoms with Gasteiger partial charge in [-0.05, 0) is 22.0 Å². The Morgan fingerprint density at radius 3 is 2.80 bits per heavy atom. The molecule has 0 saturated heterocycles. The minimum Gasteiger partial charge on any atom is -0.368 e. The molecule has 20 heavy (non-hydrogen) atoms. The molecule has 2 heterocycles. The highest BCUT2D eigenvalue weighted by atomic mass is 79.9. The second-order valence-corrected chi connectivity index (χ2v) is 4.76. The van der Waals surface area contributed by atoms with E-state index in [1.54, 1.807) is 0 Å². The van der Waals surface area contributed by atoms with Gasteiger partial charge >= 0.3 is 0 Å². The summed E-state index contributed by atoms with van der Waals surface area (Å²) in [5, 5.41) is 2.75. The van der Waals surface area contributed by atoms with E-state index in [1.165, 1.54) is 6.33 Å². The second-order valence-electron chi connectivity index (χ2n) is 3.90. The van der Waals surface area contributed by atoms with Crippen molar-refractivity contribution in [3.05, 3.63) is 34.6 Å². The van der Waals surface area contributed by atoms with Gasteiger partial charge in [0.25, 0.3) is 0 Å². The molecule has 9 heteroatoms. The van der Waals surface area contributed by atoms with E-state index in [2.05, 4.69) is 41.2 Å². The lowest BCUT2D eigenvalue weighted by atomic mass is 10.3. The zero-order chi connectivity index (χ0) is 14.3. The zero-order valence-corrected chi connectivity index (χ0v) is 11.4. The molecule has 0 radical (unpaired) electrons. The van der Waals surface area contributed by atoms with E-state index in [0.29, 0.717) is 11.2 Å². The highest BCUT2D eigenvalue weighted by Crippen LogP contribution is 2.31. The quantitative estimate of drug-likeness (QED) is 0.667. The number of rotatable bonds is 2. The number of benzene rings is 1. The van der Waals surface area contributed by atoms with E-state index in [0.717, 1.165) is 12.1 Å². The molecule has 0 aliphatic rings. The van der Waals surface area contributed by atoms with Crippen molar-refractivity contribution in [2.45, 2.75) is 0 Å². The summed E-state index contributed by atoms with van der Waals surface area (Å²) in [7, 11) is 0. The number of nitrogens with one attached hydrogen (secondary N) is 2. The Bertz CT molecular complexity index is 780. The number of hydrogen-bond donors (Lipinski definition) is 3. The van der Waals surface area contributed by atoms with Gasteiger partial charge < -0.3 is 16.0 Å². The maximum absolute atomic E-state index is 13.8. The van der Waals surface area contributed by atoms with Crippen molar-refractivity contribution in [3.8, 4) is 0 Å². The van der Waals surface area contributed by atoms with Gasteiger partial charge in [0, 0.05) is 10.5 Å². The molecule has 2 aromatic heterocycles. The molecule has 0 fully saturated rings. The van der Waals surface area contributed by atoms with Crippen molar-refractivity contribution in [2.24, 2.45) is 0 Å². The maximum Gasteiger partial charge on any atom is 0.224 e. The van der Waals surface area contributed by atoms with Crippen molar-refractivity contribution in [1.82, 2.24) is 19.9 Å². The third-order valence-electron chi connectivity index (χ3n) is 2.55. The SMILES string of the molecule is Nc1nc(Nc2c(F)cc(F)cc2Br)c2[nH]cnc2n1. The summed E-state index contributed by atoms with van der Waals surface area (Å²) >= 11 is 3.09. The van der Waals surface area contributed by atoms with Crippen LogP contribution in [0.25, 0.3) is 11.2 Å². The minimum absolute atomic E-state index is 0.00857. The van der Waals surface area contributed by atoms with Crippen LogP contribution in [0.3, 0.4) is 0 Å². The average Bonchev–Trinajstić information content (AvgIpc) is 2.81. The molecule has 1 aromatic carbocycles. The van der Waals surface area contributed by atoms with Gasteiger partial charge in [0.2, 0.25) is 5.95 Å². The van der Waals surface area contributed by atoms with Crippen LogP contribution >= 0.6 is 15.9 Å². The van der Waals surface area contributed by atoms with Crippen molar-refractivity contribution in [2.75, 3.05) is 11.1 Å². The van der Waals surface area contributed by atoms with Gasteiger partial charge in [-0.1, -0.05) is 0 Å². The summed E-state index contributed by atoms with van der Waals surface area (Å²) in [6.45, 7) is 0. The van der Waals surface area contributed by atoms with Gasteiger partial charge in [0.15, 0.2) is 17.3 Å². The number of aromatic amines is 1. The average molecular weight is 341 g/mol. The highest BCUT2D eigenvalue weighted by molar-refractivity contribution is 9.10. The van der Waals surface area contributed by atoms with Crippen LogP contribution in [-0.2, 0) is 0 Å². The van der Waals surface area contributed by atoms with Crippen LogP contribution in [0.15, 0.2) is 22.9 Å². The normalized spacial score (nSPS) is 10.9. The van der Waals surface area contributed by atoms with E-state index in [1.807, 2.05) is 0 Å². The first kappa shape index (κ1) is 12.7. The molecule has 3 rings (SSSR count). The molecular weight excluding hydrogens is 334 g/mol. The van der Waals surface area contributed by atoms with E-state index in [-0.39, 0.29) is 21.9 Å². The first-order valence-electron chi connectivity index (χ1n) is 5.43. The Kier molecular flexibility index (Phi) is 2.97. The Morgan fingerprint density at radius 2 is 2.05 bits per heavy atom. The number of imidazole rings is 1. The van der Waals surface area contributed by atoms with E-state index in [9.17, 15) is 8.78 Å². The maximum atomic E-state index is 13.8. The lowest BCUT2D eigenvalue weighted by molar-refractivity contribution is 0.584. The van der Waals surface area contributed by atoms with Gasteiger partial charge in [-0.3, -0.25) is 0 Å². The second kappa shape index (κ2) is 4.67. The number of aromatic nitrogens is 4. The number of nitrogen functional groups attached to an aromatic ring is 1. The van der Waals surface area contributed by atoms with Crippen LogP contribution < -0.4 is 11.1 Å². The van der Waals surface area contributed by atoms with Crippen LogP contribution in [0.5, 0.6) is 0 Å². The van der Waals surface area contributed by atoms with E-state index >= 15 is 0 Å². The monoisotopic (exact) mass is 340 g/mol. The number of H-pyrrole nitrogens is 1. The molecule has 0 aliphatic carbocycles. The fourth-order valence-electron chi connectivity index (χ4n) is 1.72. The summed E-state index contributed by atoms with van der Waals surface area (Å²) in [4.78, 5) is 14.7. The van der Waals surface area contributed by atoms with Crippen LogP contribution in [0.2, 0.25) is 0 Å². The van der Waals surface area contributed by atoms with Gasteiger partial charge in [-0.15, -0.1) is 0 Å². The van der Waals surface area contributed by atoms with Crippen molar-refractivity contribution >= 4 is 44.5 Å². The largest absolute Gasteiger partial charge is 0.368 e. The molecule has 0 atom stereocenters. The standard InChI is InChI=1S/C11H7BrF2N6/c12-5-1-4(13)2-6(14)7(5)18-10-8-9(17-3-16-8)19-11(15)20-10/h1-3H,(H4,15,16,17,18,19,20). The first-order chi connectivity index (χ1) is 9.54. The third kappa shape index (κ3) is 2.16. The molecule has 0 bridgehead atoms. The Balaban J connectivity index is 2.12. The topological polar surface area (TPSA) is 92.5 Å². The predicted molar refractivity (Wildman–Crippen MR) is 73.4 cm³/mol. The predicted octanol–water partition coefficient (Wildman–Crippen LogP) is 2.72.